The molecule has 0 fully saturated rings. The molecule has 1 aromatic carbocycles. The third-order valence-electron chi connectivity index (χ3n) is 4.30. The quantitative estimate of drug-likeness (QED) is 0.704. The van der Waals surface area contributed by atoms with Crippen molar-refractivity contribution in [3.63, 3.8) is 0 Å². The van der Waals surface area contributed by atoms with Gasteiger partial charge in [-0.1, -0.05) is 51.2 Å². The minimum atomic E-state index is 0.0584. The zero-order chi connectivity index (χ0) is 15.9. The molecule has 0 aliphatic rings. The maximum Gasteiger partial charge on any atom is 0.192 e. The summed E-state index contributed by atoms with van der Waals surface area (Å²) in [6.07, 6.45) is 10.3. The predicted molar refractivity (Wildman–Crippen MR) is 91.0 cm³/mol. The number of unbranched alkanes of at least 4 members (excludes halogenated alkanes) is 5. The number of pyridine rings is 1. The second-order valence-corrected chi connectivity index (χ2v) is 5.87. The molecule has 0 atom stereocenters. The summed E-state index contributed by atoms with van der Waals surface area (Å²) in [6.45, 7) is 4.05. The summed E-state index contributed by atoms with van der Waals surface area (Å²) in [6, 6.07) is 7.37. The molecule has 0 aliphatic heterocycles. The van der Waals surface area contributed by atoms with Crippen LogP contribution in [-0.4, -0.2) is 4.57 Å². The van der Waals surface area contributed by atoms with Crippen molar-refractivity contribution >= 4 is 10.9 Å². The Hall–Kier alpha value is -2.08. The lowest BCUT2D eigenvalue weighted by Crippen LogP contribution is -2.16. The topological polar surface area (TPSA) is 45.8 Å². The van der Waals surface area contributed by atoms with Crippen molar-refractivity contribution in [2.24, 2.45) is 0 Å². The minimum absolute atomic E-state index is 0.0584. The number of nitrogens with zero attached hydrogens (tertiary/aromatic N) is 2. The molecule has 0 saturated carbocycles. The van der Waals surface area contributed by atoms with E-state index in [2.05, 4.69) is 13.1 Å². The fourth-order valence-corrected chi connectivity index (χ4v) is 2.99. The predicted octanol–water partition coefficient (Wildman–Crippen LogP) is 4.54. The average molecular weight is 296 g/mol. The van der Waals surface area contributed by atoms with E-state index in [0.29, 0.717) is 10.9 Å². The van der Waals surface area contributed by atoms with Gasteiger partial charge in [-0.05, 0) is 31.9 Å². The molecule has 0 bridgehead atoms. The lowest BCUT2D eigenvalue weighted by molar-refractivity contribution is 0.602. The molecule has 1 aromatic heterocycles. The van der Waals surface area contributed by atoms with Gasteiger partial charge in [0.05, 0.1) is 5.52 Å². The maximum absolute atomic E-state index is 12.5. The van der Waals surface area contributed by atoms with Crippen LogP contribution in [-0.2, 0) is 6.42 Å². The molecule has 0 radical (unpaired) electrons. The Morgan fingerprint density at radius 3 is 2.50 bits per heavy atom. The SMILES string of the molecule is CCCCCCCCc1c(C)c(=O)c2ccccc2n1C#N. The van der Waals surface area contributed by atoms with E-state index in [0.717, 1.165) is 30.5 Å². The number of fused-ring (bicyclic) bond motifs is 1. The lowest BCUT2D eigenvalue weighted by atomic mass is 10.0. The van der Waals surface area contributed by atoms with Gasteiger partial charge in [0, 0.05) is 16.6 Å². The first-order valence-electron chi connectivity index (χ1n) is 8.24. The minimum Gasteiger partial charge on any atom is -0.289 e. The number of nitriles is 1. The summed E-state index contributed by atoms with van der Waals surface area (Å²) in [5, 5.41) is 10.1. The molecule has 3 heteroatoms. The number of aromatic nitrogens is 1. The normalized spacial score (nSPS) is 10.8. The molecule has 0 saturated heterocycles. The highest BCUT2D eigenvalue weighted by molar-refractivity contribution is 5.80. The van der Waals surface area contributed by atoms with Gasteiger partial charge in [-0.15, -0.1) is 0 Å². The van der Waals surface area contributed by atoms with Crippen LogP contribution in [0.5, 0.6) is 0 Å². The zero-order valence-corrected chi connectivity index (χ0v) is 13.6. The molecule has 2 aromatic rings. The molecule has 22 heavy (non-hydrogen) atoms. The number of para-hydroxylation sites is 1. The monoisotopic (exact) mass is 296 g/mol. The fourth-order valence-electron chi connectivity index (χ4n) is 2.99. The molecular weight excluding hydrogens is 272 g/mol. The van der Waals surface area contributed by atoms with Crippen molar-refractivity contribution in [1.82, 2.24) is 4.57 Å². The first-order chi connectivity index (χ1) is 10.7. The molecule has 116 valence electrons. The Bertz CT molecular complexity index is 737. The molecule has 2 rings (SSSR count). The second kappa shape index (κ2) is 7.79. The van der Waals surface area contributed by atoms with Crippen LogP contribution in [0.15, 0.2) is 29.1 Å². The molecule has 0 N–H and O–H groups in total. The highest BCUT2D eigenvalue weighted by atomic mass is 16.1. The van der Waals surface area contributed by atoms with Gasteiger partial charge in [-0.25, -0.2) is 0 Å². The molecular formula is C19H24N2O. The summed E-state index contributed by atoms with van der Waals surface area (Å²) in [5.41, 5.74) is 2.38. The van der Waals surface area contributed by atoms with Crippen LogP contribution >= 0.6 is 0 Å². The van der Waals surface area contributed by atoms with Crippen molar-refractivity contribution in [2.45, 2.75) is 58.8 Å². The van der Waals surface area contributed by atoms with E-state index >= 15 is 0 Å². The Morgan fingerprint density at radius 2 is 1.77 bits per heavy atom. The Balaban J connectivity index is 2.24. The molecule has 0 unspecified atom stereocenters. The molecule has 3 nitrogen and oxygen atoms in total. The van der Waals surface area contributed by atoms with Crippen molar-refractivity contribution in [3.05, 3.63) is 45.7 Å². The number of rotatable bonds is 7. The van der Waals surface area contributed by atoms with Crippen molar-refractivity contribution in [3.8, 4) is 6.19 Å². The van der Waals surface area contributed by atoms with Crippen LogP contribution in [0, 0.1) is 18.4 Å². The van der Waals surface area contributed by atoms with Gasteiger partial charge in [-0.3, -0.25) is 9.36 Å². The molecule has 0 aliphatic carbocycles. The fraction of sp³-hybridized carbons (Fsp3) is 0.474. The highest BCUT2D eigenvalue weighted by Gasteiger charge is 2.13. The van der Waals surface area contributed by atoms with Gasteiger partial charge in [0.2, 0.25) is 0 Å². The van der Waals surface area contributed by atoms with E-state index in [1.807, 2.05) is 25.1 Å². The van der Waals surface area contributed by atoms with Crippen LogP contribution < -0.4 is 5.43 Å². The van der Waals surface area contributed by atoms with Gasteiger partial charge in [0.15, 0.2) is 11.6 Å². The van der Waals surface area contributed by atoms with E-state index in [1.165, 1.54) is 25.7 Å². The lowest BCUT2D eigenvalue weighted by Gasteiger charge is -2.13. The van der Waals surface area contributed by atoms with Gasteiger partial charge in [-0.2, -0.15) is 5.26 Å². The van der Waals surface area contributed by atoms with E-state index in [9.17, 15) is 10.1 Å². The zero-order valence-electron chi connectivity index (χ0n) is 13.6. The van der Waals surface area contributed by atoms with Crippen LogP contribution in [0.2, 0.25) is 0 Å². The number of hydrogen-bond acceptors (Lipinski definition) is 2. The maximum atomic E-state index is 12.5. The summed E-state index contributed by atoms with van der Waals surface area (Å²) < 4.78 is 1.64. The van der Waals surface area contributed by atoms with Gasteiger partial charge >= 0.3 is 0 Å². The molecule has 0 spiro atoms. The average Bonchev–Trinajstić information content (AvgIpc) is 2.55. The third kappa shape index (κ3) is 3.39. The smallest absolute Gasteiger partial charge is 0.192 e. The van der Waals surface area contributed by atoms with Gasteiger partial charge in [0.25, 0.3) is 0 Å². The van der Waals surface area contributed by atoms with Crippen LogP contribution in [0.25, 0.3) is 10.9 Å². The first kappa shape index (κ1) is 16.3. The van der Waals surface area contributed by atoms with Crippen LogP contribution in [0.3, 0.4) is 0 Å². The van der Waals surface area contributed by atoms with E-state index in [1.54, 1.807) is 10.6 Å². The van der Waals surface area contributed by atoms with E-state index < -0.39 is 0 Å². The van der Waals surface area contributed by atoms with E-state index in [4.69, 9.17) is 0 Å². The van der Waals surface area contributed by atoms with Gasteiger partial charge in [0.1, 0.15) is 0 Å². The first-order valence-corrected chi connectivity index (χ1v) is 8.24. The highest BCUT2D eigenvalue weighted by Crippen LogP contribution is 2.18. The Labute approximate surface area is 132 Å². The summed E-state index contributed by atoms with van der Waals surface area (Å²) >= 11 is 0. The second-order valence-electron chi connectivity index (χ2n) is 5.87. The summed E-state index contributed by atoms with van der Waals surface area (Å²) in [4.78, 5) is 12.5. The Kier molecular flexibility index (Phi) is 5.77. The van der Waals surface area contributed by atoms with Crippen molar-refractivity contribution < 1.29 is 0 Å². The van der Waals surface area contributed by atoms with Crippen molar-refractivity contribution in [1.29, 1.82) is 5.26 Å². The van der Waals surface area contributed by atoms with Crippen LogP contribution in [0.1, 0.15) is 56.7 Å². The van der Waals surface area contributed by atoms with Crippen molar-refractivity contribution in [2.75, 3.05) is 0 Å². The molecule has 1 heterocycles. The molecule has 0 amide bonds. The third-order valence-corrected chi connectivity index (χ3v) is 4.30. The summed E-state index contributed by atoms with van der Waals surface area (Å²) in [7, 11) is 0. The number of benzene rings is 1. The standard InChI is InChI=1S/C19H24N2O/c1-3-4-5-6-7-8-12-17-15(2)19(22)16-11-9-10-13-18(16)21(17)14-20/h9-11,13H,3-8,12H2,1-2H3. The van der Waals surface area contributed by atoms with E-state index in [-0.39, 0.29) is 5.43 Å². The number of hydrogen-bond donors (Lipinski definition) is 0. The Morgan fingerprint density at radius 1 is 1.09 bits per heavy atom. The van der Waals surface area contributed by atoms with Gasteiger partial charge < -0.3 is 0 Å². The summed E-state index contributed by atoms with van der Waals surface area (Å²) in [5.74, 6) is 0. The largest absolute Gasteiger partial charge is 0.289 e. The van der Waals surface area contributed by atoms with Crippen LogP contribution in [0.4, 0.5) is 0 Å².